The molecule has 1 nitrogen and oxygen atoms in total. The van der Waals surface area contributed by atoms with Crippen LogP contribution in [0.2, 0.25) is 5.02 Å². The van der Waals surface area contributed by atoms with Gasteiger partial charge in [0.15, 0.2) is 0 Å². The summed E-state index contributed by atoms with van der Waals surface area (Å²) in [5.74, 6) is 0. The Morgan fingerprint density at radius 2 is 1.93 bits per heavy atom. The molecule has 3 heteroatoms. The van der Waals surface area contributed by atoms with Crippen LogP contribution in [0.5, 0.6) is 0 Å². The van der Waals surface area contributed by atoms with Crippen LogP contribution in [-0.4, -0.2) is 0 Å². The molecule has 1 unspecified atom stereocenters. The number of nitrogens with two attached hydrogens (primary N) is 1. The van der Waals surface area contributed by atoms with Gasteiger partial charge in [0.2, 0.25) is 0 Å². The summed E-state index contributed by atoms with van der Waals surface area (Å²) in [7, 11) is 0. The molecule has 0 amide bonds. The molecule has 0 radical (unpaired) electrons. The van der Waals surface area contributed by atoms with Crippen molar-refractivity contribution in [2.24, 2.45) is 11.1 Å². The molecule has 1 rings (SSSR count). The van der Waals surface area contributed by atoms with Gasteiger partial charge < -0.3 is 5.73 Å². The van der Waals surface area contributed by atoms with Gasteiger partial charge in [0.1, 0.15) is 0 Å². The average molecular weight is 277 g/mol. The van der Waals surface area contributed by atoms with Gasteiger partial charge in [0, 0.05) is 10.5 Å². The smallest absolute Gasteiger partial charge is 0.0551 e. The molecule has 1 atom stereocenters. The average Bonchev–Trinajstić information content (AvgIpc) is 2.07. The van der Waals surface area contributed by atoms with Crippen LogP contribution in [0.15, 0.2) is 22.7 Å². The maximum absolute atomic E-state index is 6.12. The fraction of sp³-hybridized carbons (Fsp3) is 0.455. The van der Waals surface area contributed by atoms with Gasteiger partial charge in [-0.3, -0.25) is 0 Å². The van der Waals surface area contributed by atoms with E-state index in [4.69, 9.17) is 17.3 Å². The third-order valence-corrected chi connectivity index (χ3v) is 3.47. The lowest BCUT2D eigenvalue weighted by Gasteiger charge is -2.27. The predicted octanol–water partition coefficient (Wildman–Crippen LogP) is 4.15. The molecule has 0 heterocycles. The van der Waals surface area contributed by atoms with Crippen molar-refractivity contribution in [2.45, 2.75) is 26.8 Å². The van der Waals surface area contributed by atoms with E-state index in [-0.39, 0.29) is 11.5 Å². The summed E-state index contributed by atoms with van der Waals surface area (Å²) < 4.78 is 0.907. The molecule has 1 aromatic rings. The first-order valence-corrected chi connectivity index (χ1v) is 5.70. The van der Waals surface area contributed by atoms with Crippen molar-refractivity contribution in [3.8, 4) is 0 Å². The molecule has 14 heavy (non-hydrogen) atoms. The van der Waals surface area contributed by atoms with Crippen molar-refractivity contribution < 1.29 is 0 Å². The Balaban J connectivity index is 3.03. The zero-order valence-electron chi connectivity index (χ0n) is 8.64. The van der Waals surface area contributed by atoms with Crippen LogP contribution in [0, 0.1) is 5.41 Å². The molecule has 0 aliphatic rings. The van der Waals surface area contributed by atoms with Gasteiger partial charge in [-0.25, -0.2) is 0 Å². The van der Waals surface area contributed by atoms with Crippen LogP contribution in [0.3, 0.4) is 0 Å². The third-order valence-electron chi connectivity index (χ3n) is 2.24. The minimum absolute atomic E-state index is 0.00750. The second kappa shape index (κ2) is 4.21. The van der Waals surface area contributed by atoms with Gasteiger partial charge in [-0.2, -0.15) is 0 Å². The summed E-state index contributed by atoms with van der Waals surface area (Å²) in [4.78, 5) is 0. The van der Waals surface area contributed by atoms with Crippen LogP contribution < -0.4 is 5.73 Å². The zero-order valence-corrected chi connectivity index (χ0v) is 11.0. The zero-order chi connectivity index (χ0) is 10.9. The van der Waals surface area contributed by atoms with E-state index in [0.29, 0.717) is 5.02 Å². The van der Waals surface area contributed by atoms with E-state index in [0.717, 1.165) is 10.0 Å². The molecule has 0 fully saturated rings. The number of hydrogen-bond donors (Lipinski definition) is 1. The van der Waals surface area contributed by atoms with Crippen molar-refractivity contribution in [3.63, 3.8) is 0 Å². The number of rotatable bonds is 1. The summed E-state index contributed by atoms with van der Waals surface area (Å²) >= 11 is 9.36. The summed E-state index contributed by atoms with van der Waals surface area (Å²) in [6.07, 6.45) is 0. The molecule has 0 aliphatic heterocycles. The van der Waals surface area contributed by atoms with E-state index in [1.165, 1.54) is 0 Å². The summed E-state index contributed by atoms with van der Waals surface area (Å²) in [6, 6.07) is 5.87. The Bertz CT molecular complexity index is 331. The maximum atomic E-state index is 6.12. The molecular weight excluding hydrogens is 261 g/mol. The standard InChI is InChI=1S/C11H15BrClN/c1-11(2,3)10(14)7-4-5-8(12)9(13)6-7/h4-6,10H,14H2,1-3H3. The van der Waals surface area contributed by atoms with Gasteiger partial charge >= 0.3 is 0 Å². The molecule has 0 saturated heterocycles. The first-order valence-electron chi connectivity index (χ1n) is 4.53. The molecule has 78 valence electrons. The fourth-order valence-electron chi connectivity index (χ4n) is 1.21. The molecular formula is C11H15BrClN. The van der Waals surface area contributed by atoms with Crippen LogP contribution in [0.25, 0.3) is 0 Å². The third kappa shape index (κ3) is 2.72. The largest absolute Gasteiger partial charge is 0.324 e. The Morgan fingerprint density at radius 3 is 2.36 bits per heavy atom. The molecule has 0 bridgehead atoms. The van der Waals surface area contributed by atoms with Crippen molar-refractivity contribution in [1.82, 2.24) is 0 Å². The Labute approximate surface area is 98.8 Å². The SMILES string of the molecule is CC(C)(C)C(N)c1ccc(Br)c(Cl)c1. The minimum atomic E-state index is 0.00750. The monoisotopic (exact) mass is 275 g/mol. The highest BCUT2D eigenvalue weighted by Crippen LogP contribution is 2.33. The topological polar surface area (TPSA) is 26.0 Å². The molecule has 2 N–H and O–H groups in total. The van der Waals surface area contributed by atoms with Gasteiger partial charge in [0.05, 0.1) is 5.02 Å². The van der Waals surface area contributed by atoms with E-state index in [2.05, 4.69) is 36.7 Å². The Hall–Kier alpha value is -0.0500. The first-order chi connectivity index (χ1) is 6.32. The van der Waals surface area contributed by atoms with E-state index >= 15 is 0 Å². The van der Waals surface area contributed by atoms with E-state index in [1.807, 2.05) is 18.2 Å². The van der Waals surface area contributed by atoms with Crippen LogP contribution in [-0.2, 0) is 0 Å². The van der Waals surface area contributed by atoms with Crippen LogP contribution in [0.4, 0.5) is 0 Å². The summed E-state index contributed by atoms with van der Waals surface area (Å²) in [5.41, 5.74) is 7.24. The maximum Gasteiger partial charge on any atom is 0.0551 e. The molecule has 0 aliphatic carbocycles. The number of benzene rings is 1. The normalized spacial score (nSPS) is 14.1. The number of halogens is 2. The fourth-order valence-corrected chi connectivity index (χ4v) is 1.64. The van der Waals surface area contributed by atoms with Crippen molar-refractivity contribution in [1.29, 1.82) is 0 Å². The van der Waals surface area contributed by atoms with Gasteiger partial charge in [0.25, 0.3) is 0 Å². The lowest BCUT2D eigenvalue weighted by molar-refractivity contribution is 0.327. The second-order valence-electron chi connectivity index (χ2n) is 4.52. The molecule has 1 aromatic carbocycles. The van der Waals surface area contributed by atoms with E-state index in [1.54, 1.807) is 0 Å². The first kappa shape index (κ1) is 12.0. The highest BCUT2D eigenvalue weighted by Gasteiger charge is 2.22. The second-order valence-corrected chi connectivity index (χ2v) is 5.78. The van der Waals surface area contributed by atoms with Crippen molar-refractivity contribution in [2.75, 3.05) is 0 Å². The summed E-state index contributed by atoms with van der Waals surface area (Å²) in [6.45, 7) is 6.36. The van der Waals surface area contributed by atoms with Gasteiger partial charge in [-0.15, -0.1) is 0 Å². The van der Waals surface area contributed by atoms with Crippen LogP contribution in [0.1, 0.15) is 32.4 Å². The van der Waals surface area contributed by atoms with Crippen LogP contribution >= 0.6 is 27.5 Å². The van der Waals surface area contributed by atoms with E-state index in [9.17, 15) is 0 Å². The van der Waals surface area contributed by atoms with Gasteiger partial charge in [-0.05, 0) is 39.0 Å². The quantitative estimate of drug-likeness (QED) is 0.819. The lowest BCUT2D eigenvalue weighted by Crippen LogP contribution is -2.26. The van der Waals surface area contributed by atoms with Gasteiger partial charge in [-0.1, -0.05) is 38.4 Å². The van der Waals surface area contributed by atoms with Crippen molar-refractivity contribution >= 4 is 27.5 Å². The van der Waals surface area contributed by atoms with Crippen molar-refractivity contribution in [3.05, 3.63) is 33.3 Å². The molecule has 0 aromatic heterocycles. The Morgan fingerprint density at radius 1 is 1.36 bits per heavy atom. The van der Waals surface area contributed by atoms with E-state index < -0.39 is 0 Å². The lowest BCUT2D eigenvalue weighted by atomic mass is 9.83. The highest BCUT2D eigenvalue weighted by atomic mass is 79.9. The molecule has 0 saturated carbocycles. The summed E-state index contributed by atoms with van der Waals surface area (Å²) in [5, 5.41) is 0.710. The predicted molar refractivity (Wildman–Crippen MR) is 65.5 cm³/mol. The molecule has 0 spiro atoms. The Kier molecular flexibility index (Phi) is 3.62. The highest BCUT2D eigenvalue weighted by molar-refractivity contribution is 9.10. The number of hydrogen-bond acceptors (Lipinski definition) is 1. The minimum Gasteiger partial charge on any atom is -0.324 e.